The zero-order valence-corrected chi connectivity index (χ0v) is 11.7. The molecule has 0 aliphatic heterocycles. The summed E-state index contributed by atoms with van der Waals surface area (Å²) in [6.45, 7) is 2.81. The number of nitrogen functional groups attached to an aromatic ring is 1. The van der Waals surface area contributed by atoms with Crippen molar-refractivity contribution in [3.05, 3.63) is 23.8 Å². The fraction of sp³-hybridized carbons (Fsp3) is 0.364. The van der Waals surface area contributed by atoms with Crippen LogP contribution in [0.15, 0.2) is 17.0 Å². The maximum atomic E-state index is 13.7. The zero-order valence-electron chi connectivity index (χ0n) is 10.9. The fourth-order valence-electron chi connectivity index (χ4n) is 1.65. The van der Waals surface area contributed by atoms with Gasteiger partial charge in [0.05, 0.1) is 0 Å². The van der Waals surface area contributed by atoms with Gasteiger partial charge in [0.2, 0.25) is 15.9 Å². The molecule has 6 nitrogen and oxygen atoms in total. The van der Waals surface area contributed by atoms with Gasteiger partial charge in [0.15, 0.2) is 5.82 Å². The standard InChI is InChI=1S/C11H15F2N3O3S/c1-11(2,5-8(14)17)16-20(18,19)7-4-3-6(12)10(15)9(7)13/h3-4,16H,5,15H2,1-2H3,(H2,14,17). The van der Waals surface area contributed by atoms with Crippen molar-refractivity contribution in [2.24, 2.45) is 5.73 Å². The number of nitrogens with one attached hydrogen (secondary N) is 1. The summed E-state index contributed by atoms with van der Waals surface area (Å²) >= 11 is 0. The molecule has 0 saturated heterocycles. The molecule has 1 rings (SSSR count). The van der Waals surface area contributed by atoms with E-state index in [9.17, 15) is 22.0 Å². The van der Waals surface area contributed by atoms with Gasteiger partial charge in [-0.15, -0.1) is 0 Å². The predicted octanol–water partition coefficient (Wildman–Crippen LogP) is 0.479. The predicted molar refractivity (Wildman–Crippen MR) is 69.0 cm³/mol. The normalized spacial score (nSPS) is 12.4. The molecule has 0 spiro atoms. The van der Waals surface area contributed by atoms with E-state index < -0.39 is 43.7 Å². The molecule has 0 atom stereocenters. The topological polar surface area (TPSA) is 115 Å². The summed E-state index contributed by atoms with van der Waals surface area (Å²) in [5.41, 5.74) is 7.99. The van der Waals surface area contributed by atoms with Gasteiger partial charge < -0.3 is 11.5 Å². The van der Waals surface area contributed by atoms with Crippen molar-refractivity contribution >= 4 is 21.6 Å². The summed E-state index contributed by atoms with van der Waals surface area (Å²) in [7, 11) is -4.31. The Morgan fingerprint density at radius 1 is 1.35 bits per heavy atom. The van der Waals surface area contributed by atoms with Gasteiger partial charge in [0, 0.05) is 12.0 Å². The van der Waals surface area contributed by atoms with Crippen molar-refractivity contribution in [2.75, 3.05) is 5.73 Å². The lowest BCUT2D eigenvalue weighted by Crippen LogP contribution is -2.46. The molecular weight excluding hydrogens is 292 g/mol. The number of rotatable bonds is 5. The van der Waals surface area contributed by atoms with E-state index in [0.29, 0.717) is 0 Å². The molecule has 0 unspecified atom stereocenters. The molecule has 0 aromatic heterocycles. The van der Waals surface area contributed by atoms with E-state index in [0.717, 1.165) is 12.1 Å². The van der Waals surface area contributed by atoms with Crippen molar-refractivity contribution in [3.8, 4) is 0 Å². The average molecular weight is 307 g/mol. The Morgan fingerprint density at radius 2 is 1.90 bits per heavy atom. The first kappa shape index (κ1) is 16.3. The van der Waals surface area contributed by atoms with Crippen LogP contribution in [0.25, 0.3) is 0 Å². The zero-order chi connectivity index (χ0) is 15.7. The third-order valence-corrected chi connectivity index (χ3v) is 4.12. The number of sulfonamides is 1. The minimum atomic E-state index is -4.31. The second kappa shape index (κ2) is 5.33. The Hall–Kier alpha value is -1.74. The molecule has 0 saturated carbocycles. The number of hydrogen-bond acceptors (Lipinski definition) is 4. The molecule has 20 heavy (non-hydrogen) atoms. The lowest BCUT2D eigenvalue weighted by atomic mass is 10.0. The Morgan fingerprint density at radius 3 is 2.40 bits per heavy atom. The number of primary amides is 1. The second-order valence-electron chi connectivity index (χ2n) is 4.91. The summed E-state index contributed by atoms with van der Waals surface area (Å²) in [6, 6.07) is 1.50. The Kier molecular flexibility index (Phi) is 4.35. The molecule has 1 amide bonds. The van der Waals surface area contributed by atoms with Crippen LogP contribution in [0.3, 0.4) is 0 Å². The fourth-order valence-corrected chi connectivity index (χ4v) is 3.15. The molecule has 0 bridgehead atoms. The van der Waals surface area contributed by atoms with E-state index in [1.165, 1.54) is 13.8 Å². The van der Waals surface area contributed by atoms with Crippen LogP contribution in [0, 0.1) is 11.6 Å². The molecule has 1 aromatic rings. The van der Waals surface area contributed by atoms with E-state index in [4.69, 9.17) is 11.5 Å². The number of carbonyl (C=O) groups is 1. The first-order valence-corrected chi connectivity index (χ1v) is 7.00. The maximum absolute atomic E-state index is 13.7. The molecule has 9 heteroatoms. The number of amides is 1. The minimum absolute atomic E-state index is 0.287. The molecule has 0 radical (unpaired) electrons. The van der Waals surface area contributed by atoms with Crippen molar-refractivity contribution in [3.63, 3.8) is 0 Å². The van der Waals surface area contributed by atoms with Crippen LogP contribution < -0.4 is 16.2 Å². The van der Waals surface area contributed by atoms with Crippen LogP contribution in [0.1, 0.15) is 20.3 Å². The first-order chi connectivity index (χ1) is 8.96. The van der Waals surface area contributed by atoms with Crippen LogP contribution in [0.2, 0.25) is 0 Å². The minimum Gasteiger partial charge on any atom is -0.394 e. The van der Waals surface area contributed by atoms with Crippen molar-refractivity contribution < 1.29 is 22.0 Å². The lowest BCUT2D eigenvalue weighted by molar-refractivity contribution is -0.119. The Balaban J connectivity index is 3.19. The van der Waals surface area contributed by atoms with E-state index >= 15 is 0 Å². The number of anilines is 1. The second-order valence-corrected chi connectivity index (χ2v) is 6.56. The molecule has 112 valence electrons. The summed E-state index contributed by atoms with van der Waals surface area (Å²) in [4.78, 5) is 10.0. The summed E-state index contributed by atoms with van der Waals surface area (Å²) in [5, 5.41) is 0. The number of hydrogen-bond donors (Lipinski definition) is 3. The first-order valence-electron chi connectivity index (χ1n) is 5.52. The highest BCUT2D eigenvalue weighted by Crippen LogP contribution is 2.24. The number of benzene rings is 1. The Bertz CT molecular complexity index is 645. The monoisotopic (exact) mass is 307 g/mol. The third-order valence-electron chi connectivity index (χ3n) is 2.41. The van der Waals surface area contributed by atoms with Crippen LogP contribution in [-0.2, 0) is 14.8 Å². The quantitative estimate of drug-likeness (QED) is 0.686. The molecular formula is C11H15F2N3O3S. The van der Waals surface area contributed by atoms with Gasteiger partial charge in [-0.3, -0.25) is 4.79 Å². The van der Waals surface area contributed by atoms with Gasteiger partial charge in [-0.05, 0) is 26.0 Å². The van der Waals surface area contributed by atoms with Crippen LogP contribution in [0.4, 0.5) is 14.5 Å². The van der Waals surface area contributed by atoms with Gasteiger partial charge >= 0.3 is 0 Å². The highest BCUT2D eigenvalue weighted by molar-refractivity contribution is 7.89. The summed E-state index contributed by atoms with van der Waals surface area (Å²) in [5.74, 6) is -3.16. The van der Waals surface area contributed by atoms with E-state index in [1.54, 1.807) is 0 Å². The highest BCUT2D eigenvalue weighted by atomic mass is 32.2. The molecule has 0 heterocycles. The van der Waals surface area contributed by atoms with Crippen molar-refractivity contribution in [2.45, 2.75) is 30.7 Å². The van der Waals surface area contributed by atoms with Gasteiger partial charge in [0.25, 0.3) is 0 Å². The van der Waals surface area contributed by atoms with Gasteiger partial charge in [-0.2, -0.15) is 0 Å². The summed E-state index contributed by atoms with van der Waals surface area (Å²) < 4.78 is 52.9. The average Bonchev–Trinajstić information content (AvgIpc) is 2.21. The molecule has 0 aliphatic carbocycles. The lowest BCUT2D eigenvalue weighted by Gasteiger charge is -2.24. The van der Waals surface area contributed by atoms with E-state index in [-0.39, 0.29) is 6.42 Å². The van der Waals surface area contributed by atoms with Gasteiger partial charge in [0.1, 0.15) is 16.4 Å². The molecule has 5 N–H and O–H groups in total. The smallest absolute Gasteiger partial charge is 0.244 e. The summed E-state index contributed by atoms with van der Waals surface area (Å²) in [6.07, 6.45) is -0.287. The van der Waals surface area contributed by atoms with Crippen molar-refractivity contribution in [1.82, 2.24) is 4.72 Å². The van der Waals surface area contributed by atoms with Gasteiger partial charge in [-0.1, -0.05) is 0 Å². The largest absolute Gasteiger partial charge is 0.394 e. The maximum Gasteiger partial charge on any atom is 0.244 e. The number of carbonyl (C=O) groups excluding carboxylic acids is 1. The van der Waals surface area contributed by atoms with Crippen LogP contribution >= 0.6 is 0 Å². The van der Waals surface area contributed by atoms with Crippen LogP contribution in [0.5, 0.6) is 0 Å². The Labute approximate surface area is 115 Å². The number of nitrogens with two attached hydrogens (primary N) is 2. The third kappa shape index (κ3) is 3.64. The SMILES string of the molecule is CC(C)(CC(N)=O)NS(=O)(=O)c1ccc(F)c(N)c1F. The number of halogens is 2. The molecule has 0 aliphatic rings. The van der Waals surface area contributed by atoms with Crippen molar-refractivity contribution in [1.29, 1.82) is 0 Å². The van der Waals surface area contributed by atoms with Gasteiger partial charge in [-0.25, -0.2) is 21.9 Å². The molecule has 0 fully saturated rings. The van der Waals surface area contributed by atoms with Crippen LogP contribution in [-0.4, -0.2) is 19.9 Å². The molecule has 1 aromatic carbocycles. The van der Waals surface area contributed by atoms with E-state index in [1.807, 2.05) is 0 Å². The van der Waals surface area contributed by atoms with E-state index in [2.05, 4.69) is 4.72 Å². The highest BCUT2D eigenvalue weighted by Gasteiger charge is 2.30.